The van der Waals surface area contributed by atoms with Crippen LogP contribution >= 0.6 is 0 Å². The van der Waals surface area contributed by atoms with E-state index in [9.17, 15) is 14.4 Å². The van der Waals surface area contributed by atoms with Gasteiger partial charge in [-0.2, -0.15) is 0 Å². The molecule has 140 valence electrons. The van der Waals surface area contributed by atoms with Crippen molar-refractivity contribution in [3.05, 3.63) is 73.1 Å². The number of aromatic amines is 1. The van der Waals surface area contributed by atoms with E-state index in [0.717, 1.165) is 0 Å². The van der Waals surface area contributed by atoms with Gasteiger partial charge in [0.1, 0.15) is 24.6 Å². The van der Waals surface area contributed by atoms with Gasteiger partial charge in [0, 0.05) is 29.3 Å². The number of rotatable bonds is 5. The number of hydrogen-bond donors (Lipinski definition) is 1. The standard InChI is InChI=1S/C16H16N6O5/c1-9-7-22(16(25)19-14(9)23)13-6-11(20-21-17)12(27-13)8-26-15(24)10-4-2-3-5-18-10/h2-5,7,11-13H,6,8H2,1H3,(H,19,23,25)/t11?,12-,13-/m1/s1. The zero-order chi connectivity index (χ0) is 19.4. The first kappa shape index (κ1) is 18.4. The molecule has 2 aromatic rings. The molecule has 0 bridgehead atoms. The highest BCUT2D eigenvalue weighted by Crippen LogP contribution is 2.30. The number of hydrogen-bond acceptors (Lipinski definition) is 7. The molecular formula is C16H16N6O5. The first-order chi connectivity index (χ1) is 13.0. The molecule has 0 spiro atoms. The Labute approximate surface area is 152 Å². The van der Waals surface area contributed by atoms with Crippen molar-refractivity contribution in [1.29, 1.82) is 0 Å². The Balaban J connectivity index is 1.74. The van der Waals surface area contributed by atoms with Gasteiger partial charge in [-0.3, -0.25) is 14.3 Å². The van der Waals surface area contributed by atoms with Gasteiger partial charge >= 0.3 is 11.7 Å². The first-order valence-corrected chi connectivity index (χ1v) is 8.09. The third kappa shape index (κ3) is 4.05. The van der Waals surface area contributed by atoms with Crippen LogP contribution in [0.5, 0.6) is 0 Å². The van der Waals surface area contributed by atoms with Crippen molar-refractivity contribution >= 4 is 5.97 Å². The Bertz CT molecular complexity index is 994. The van der Waals surface area contributed by atoms with E-state index in [0.29, 0.717) is 5.56 Å². The number of ether oxygens (including phenoxy) is 2. The molecule has 1 saturated heterocycles. The van der Waals surface area contributed by atoms with Gasteiger partial charge in [-0.05, 0) is 24.6 Å². The summed E-state index contributed by atoms with van der Waals surface area (Å²) in [6, 6.07) is 4.19. The third-order valence-corrected chi connectivity index (χ3v) is 4.11. The number of pyridine rings is 1. The molecule has 0 radical (unpaired) electrons. The summed E-state index contributed by atoms with van der Waals surface area (Å²) in [5, 5.41) is 3.66. The quantitative estimate of drug-likeness (QED) is 0.358. The van der Waals surface area contributed by atoms with Crippen molar-refractivity contribution in [2.45, 2.75) is 31.7 Å². The Morgan fingerprint density at radius 1 is 1.52 bits per heavy atom. The van der Waals surface area contributed by atoms with E-state index in [-0.39, 0.29) is 18.7 Å². The van der Waals surface area contributed by atoms with Crippen LogP contribution in [0.4, 0.5) is 0 Å². The molecule has 1 unspecified atom stereocenters. The van der Waals surface area contributed by atoms with Crippen LogP contribution in [0.2, 0.25) is 0 Å². The number of nitrogens with one attached hydrogen (secondary N) is 1. The van der Waals surface area contributed by atoms with Crippen LogP contribution in [0.3, 0.4) is 0 Å². The van der Waals surface area contributed by atoms with Gasteiger partial charge < -0.3 is 9.47 Å². The molecule has 11 heteroatoms. The van der Waals surface area contributed by atoms with Gasteiger partial charge in [0.15, 0.2) is 0 Å². The van der Waals surface area contributed by atoms with Gasteiger partial charge in [0.25, 0.3) is 5.56 Å². The number of carbonyl (C=O) groups excluding carboxylic acids is 1. The van der Waals surface area contributed by atoms with Gasteiger partial charge in [0.05, 0.1) is 6.04 Å². The smallest absolute Gasteiger partial charge is 0.357 e. The topological polar surface area (TPSA) is 152 Å². The van der Waals surface area contributed by atoms with Crippen LogP contribution in [-0.4, -0.2) is 39.3 Å². The summed E-state index contributed by atoms with van der Waals surface area (Å²) in [4.78, 5) is 44.4. The molecule has 1 N–H and O–H groups in total. The van der Waals surface area contributed by atoms with Crippen molar-refractivity contribution in [3.63, 3.8) is 0 Å². The maximum Gasteiger partial charge on any atom is 0.357 e. The lowest BCUT2D eigenvalue weighted by Crippen LogP contribution is -2.33. The van der Waals surface area contributed by atoms with Crippen LogP contribution in [0.1, 0.15) is 28.7 Å². The zero-order valence-electron chi connectivity index (χ0n) is 14.3. The van der Waals surface area contributed by atoms with E-state index in [4.69, 9.17) is 15.0 Å². The van der Waals surface area contributed by atoms with E-state index in [1.54, 1.807) is 19.1 Å². The maximum absolute atomic E-state index is 12.0. The molecule has 3 heterocycles. The summed E-state index contributed by atoms with van der Waals surface area (Å²) >= 11 is 0. The predicted octanol–water partition coefficient (Wildman–Crippen LogP) is 1.06. The van der Waals surface area contributed by atoms with E-state index in [1.807, 2.05) is 0 Å². The van der Waals surface area contributed by atoms with E-state index in [1.165, 1.54) is 23.0 Å². The van der Waals surface area contributed by atoms with Crippen LogP contribution < -0.4 is 11.2 Å². The van der Waals surface area contributed by atoms with Crippen LogP contribution in [0, 0.1) is 6.92 Å². The highest BCUT2D eigenvalue weighted by atomic mass is 16.6. The summed E-state index contributed by atoms with van der Waals surface area (Å²) in [5.74, 6) is -0.639. The largest absolute Gasteiger partial charge is 0.458 e. The van der Waals surface area contributed by atoms with Crippen LogP contribution in [0.25, 0.3) is 10.4 Å². The fourth-order valence-electron chi connectivity index (χ4n) is 2.74. The highest BCUT2D eigenvalue weighted by Gasteiger charge is 2.37. The van der Waals surface area contributed by atoms with E-state index < -0.39 is 35.6 Å². The molecule has 1 aliphatic heterocycles. The minimum atomic E-state index is -0.762. The summed E-state index contributed by atoms with van der Waals surface area (Å²) in [7, 11) is 0. The molecule has 27 heavy (non-hydrogen) atoms. The second kappa shape index (κ2) is 7.85. The van der Waals surface area contributed by atoms with Crippen molar-refractivity contribution in [2.24, 2.45) is 5.11 Å². The number of nitrogens with zero attached hydrogens (tertiary/aromatic N) is 5. The molecule has 3 rings (SSSR count). The van der Waals surface area contributed by atoms with Crippen molar-refractivity contribution in [2.75, 3.05) is 6.61 Å². The van der Waals surface area contributed by atoms with Crippen LogP contribution in [-0.2, 0) is 9.47 Å². The van der Waals surface area contributed by atoms with Gasteiger partial charge in [0.2, 0.25) is 0 Å². The second-order valence-corrected chi connectivity index (χ2v) is 5.93. The molecule has 1 fully saturated rings. The molecule has 0 aliphatic carbocycles. The Morgan fingerprint density at radius 3 is 3.04 bits per heavy atom. The molecule has 11 nitrogen and oxygen atoms in total. The normalized spacial score (nSPS) is 21.4. The fourth-order valence-corrected chi connectivity index (χ4v) is 2.74. The number of carbonyl (C=O) groups is 1. The van der Waals surface area contributed by atoms with Crippen LogP contribution in [0.15, 0.2) is 45.3 Å². The number of azide groups is 1. The lowest BCUT2D eigenvalue weighted by atomic mass is 10.1. The summed E-state index contributed by atoms with van der Waals surface area (Å²) in [6.45, 7) is 1.38. The van der Waals surface area contributed by atoms with Crippen molar-refractivity contribution in [3.8, 4) is 0 Å². The monoisotopic (exact) mass is 372 g/mol. The molecule has 0 amide bonds. The number of aromatic nitrogens is 3. The molecule has 0 saturated carbocycles. The van der Waals surface area contributed by atoms with E-state index >= 15 is 0 Å². The number of aryl methyl sites for hydroxylation is 1. The minimum absolute atomic E-state index is 0.139. The molecule has 2 aromatic heterocycles. The SMILES string of the molecule is Cc1cn([C@H]2CC(N=[N+]=[N-])[C@@H](COC(=O)c3ccccn3)O2)c(=O)[nH]c1=O. The molecule has 1 aliphatic rings. The van der Waals surface area contributed by atoms with Gasteiger partial charge in [-0.25, -0.2) is 14.6 Å². The summed E-state index contributed by atoms with van der Waals surface area (Å²) < 4.78 is 12.2. The first-order valence-electron chi connectivity index (χ1n) is 8.09. The number of H-pyrrole nitrogens is 1. The van der Waals surface area contributed by atoms with Crippen molar-refractivity contribution < 1.29 is 14.3 Å². The van der Waals surface area contributed by atoms with Gasteiger partial charge in [-0.1, -0.05) is 11.2 Å². The lowest BCUT2D eigenvalue weighted by molar-refractivity contribution is -0.0364. The summed E-state index contributed by atoms with van der Waals surface area (Å²) in [5.41, 5.74) is 8.11. The lowest BCUT2D eigenvalue weighted by Gasteiger charge is -2.16. The predicted molar refractivity (Wildman–Crippen MR) is 92.0 cm³/mol. The maximum atomic E-state index is 12.0. The Morgan fingerprint density at radius 2 is 2.33 bits per heavy atom. The van der Waals surface area contributed by atoms with Crippen molar-refractivity contribution in [1.82, 2.24) is 14.5 Å². The second-order valence-electron chi connectivity index (χ2n) is 5.93. The Kier molecular flexibility index (Phi) is 5.34. The summed E-state index contributed by atoms with van der Waals surface area (Å²) in [6.07, 6.45) is 1.54. The van der Waals surface area contributed by atoms with Gasteiger partial charge in [-0.15, -0.1) is 0 Å². The third-order valence-electron chi connectivity index (χ3n) is 4.11. The molecular weight excluding hydrogens is 356 g/mol. The average Bonchev–Trinajstić information content (AvgIpc) is 3.06. The number of esters is 1. The average molecular weight is 372 g/mol. The molecule has 3 atom stereocenters. The minimum Gasteiger partial charge on any atom is -0.458 e. The zero-order valence-corrected chi connectivity index (χ0v) is 14.3. The molecule has 0 aromatic carbocycles. The highest BCUT2D eigenvalue weighted by molar-refractivity contribution is 5.87. The van der Waals surface area contributed by atoms with E-state index in [2.05, 4.69) is 20.0 Å². The Hall–Kier alpha value is -3.43. The fraction of sp³-hybridized carbons (Fsp3) is 0.375.